The molecule has 2 unspecified atom stereocenters. The third-order valence-electron chi connectivity index (χ3n) is 5.06. The maximum atomic E-state index is 12.0. The van der Waals surface area contributed by atoms with Gasteiger partial charge in [-0.25, -0.2) is 0 Å². The molecule has 0 saturated heterocycles. The van der Waals surface area contributed by atoms with Gasteiger partial charge in [0.05, 0.1) is 13.1 Å². The van der Waals surface area contributed by atoms with Crippen LogP contribution in [0.15, 0.2) is 42.5 Å². The molecule has 0 aliphatic rings. The van der Waals surface area contributed by atoms with Gasteiger partial charge in [0.1, 0.15) is 12.4 Å². The van der Waals surface area contributed by atoms with E-state index in [-0.39, 0.29) is 49.4 Å². The van der Waals surface area contributed by atoms with Gasteiger partial charge < -0.3 is 25.5 Å². The van der Waals surface area contributed by atoms with Gasteiger partial charge in [0.15, 0.2) is 0 Å². The molecule has 182 valence electrons. The molecular weight excluding hydrogens is 422 g/mol. The van der Waals surface area contributed by atoms with Crippen molar-refractivity contribution in [2.45, 2.75) is 46.1 Å². The van der Waals surface area contributed by atoms with E-state index in [1.165, 1.54) is 6.08 Å². The molecule has 2 atom stereocenters. The Morgan fingerprint density at radius 1 is 1.09 bits per heavy atom. The number of nitrogens with one attached hydrogen (secondary N) is 3. The highest BCUT2D eigenvalue weighted by Gasteiger charge is 2.21. The average molecular weight is 460 g/mol. The van der Waals surface area contributed by atoms with Crippen LogP contribution in [-0.4, -0.2) is 56.9 Å². The van der Waals surface area contributed by atoms with Crippen LogP contribution >= 0.6 is 0 Å². The van der Waals surface area contributed by atoms with Crippen molar-refractivity contribution >= 4 is 24.1 Å². The Bertz CT molecular complexity index is 792. The Balaban J connectivity index is 2.46. The van der Waals surface area contributed by atoms with Crippen LogP contribution in [0.5, 0.6) is 0 Å². The van der Waals surface area contributed by atoms with Crippen molar-refractivity contribution in [1.82, 2.24) is 16.0 Å². The minimum Gasteiger partial charge on any atom is -0.461 e. The van der Waals surface area contributed by atoms with E-state index in [0.717, 1.165) is 18.3 Å². The van der Waals surface area contributed by atoms with Crippen molar-refractivity contribution in [3.63, 3.8) is 0 Å². The van der Waals surface area contributed by atoms with E-state index in [2.05, 4.69) is 16.0 Å². The number of benzene rings is 1. The number of rotatable bonds is 15. The lowest BCUT2D eigenvalue weighted by Crippen LogP contribution is -2.40. The molecule has 0 radical (unpaired) electrons. The Morgan fingerprint density at radius 3 is 2.42 bits per heavy atom. The lowest BCUT2D eigenvalue weighted by Gasteiger charge is -2.24. The lowest BCUT2D eigenvalue weighted by atomic mass is 9.93. The Labute approximate surface area is 196 Å². The van der Waals surface area contributed by atoms with Crippen molar-refractivity contribution in [3.8, 4) is 0 Å². The normalized spacial score (nSPS) is 13.2. The fourth-order valence-electron chi connectivity index (χ4n) is 2.95. The van der Waals surface area contributed by atoms with Crippen LogP contribution in [0.2, 0.25) is 0 Å². The molecular formula is C25H37N3O5. The monoisotopic (exact) mass is 459 g/mol. The van der Waals surface area contributed by atoms with Crippen molar-refractivity contribution < 1.29 is 23.9 Å². The van der Waals surface area contributed by atoms with Gasteiger partial charge in [-0.3, -0.25) is 14.4 Å². The zero-order chi connectivity index (χ0) is 24.7. The SMILES string of the molecule is CNCC(=O)OC(Cc1ccccc1)C(C)CC/C=C/C(=O)NCC(=O)NCC(C)(C)C=O. The molecule has 1 aromatic rings. The van der Waals surface area contributed by atoms with E-state index in [1.807, 2.05) is 37.3 Å². The van der Waals surface area contributed by atoms with Gasteiger partial charge in [-0.2, -0.15) is 0 Å². The van der Waals surface area contributed by atoms with E-state index in [4.69, 9.17) is 4.74 Å². The predicted octanol–water partition coefficient (Wildman–Crippen LogP) is 1.79. The molecule has 0 aromatic heterocycles. The van der Waals surface area contributed by atoms with E-state index in [9.17, 15) is 19.2 Å². The first-order chi connectivity index (χ1) is 15.7. The van der Waals surface area contributed by atoms with Crippen LogP contribution in [-0.2, 0) is 30.3 Å². The summed E-state index contributed by atoms with van der Waals surface area (Å²) in [6.07, 6.45) is 5.63. The number of hydrogen-bond donors (Lipinski definition) is 3. The third kappa shape index (κ3) is 12.6. The second-order valence-corrected chi connectivity index (χ2v) is 8.81. The third-order valence-corrected chi connectivity index (χ3v) is 5.06. The van der Waals surface area contributed by atoms with E-state index in [0.29, 0.717) is 12.8 Å². The Morgan fingerprint density at radius 2 is 1.79 bits per heavy atom. The second kappa shape index (κ2) is 14.9. The number of carbonyl (C=O) groups excluding carboxylic acids is 4. The molecule has 0 spiro atoms. The van der Waals surface area contributed by atoms with Crippen molar-refractivity contribution in [2.24, 2.45) is 11.3 Å². The maximum Gasteiger partial charge on any atom is 0.320 e. The van der Waals surface area contributed by atoms with Crippen LogP contribution < -0.4 is 16.0 Å². The number of carbonyl (C=O) groups is 4. The first kappa shape index (κ1) is 28.0. The van der Waals surface area contributed by atoms with Crippen LogP contribution in [0.1, 0.15) is 39.2 Å². The fourth-order valence-corrected chi connectivity index (χ4v) is 2.95. The first-order valence-electron chi connectivity index (χ1n) is 11.2. The Kier molecular flexibility index (Phi) is 12.7. The first-order valence-corrected chi connectivity index (χ1v) is 11.2. The molecule has 0 aliphatic heterocycles. The summed E-state index contributed by atoms with van der Waals surface area (Å²) in [4.78, 5) is 46.6. The molecule has 33 heavy (non-hydrogen) atoms. The zero-order valence-corrected chi connectivity index (χ0v) is 20.1. The molecule has 8 heteroatoms. The number of esters is 1. The predicted molar refractivity (Wildman–Crippen MR) is 127 cm³/mol. The van der Waals surface area contributed by atoms with E-state index in [1.54, 1.807) is 27.0 Å². The maximum absolute atomic E-state index is 12.0. The quantitative estimate of drug-likeness (QED) is 0.209. The minimum atomic E-state index is -0.643. The molecule has 0 bridgehead atoms. The largest absolute Gasteiger partial charge is 0.461 e. The summed E-state index contributed by atoms with van der Waals surface area (Å²) in [5, 5.41) is 7.94. The van der Waals surface area contributed by atoms with Gasteiger partial charge in [-0.1, -0.05) is 57.2 Å². The molecule has 0 aliphatic carbocycles. The minimum absolute atomic E-state index is 0.0886. The molecule has 0 saturated carbocycles. The zero-order valence-electron chi connectivity index (χ0n) is 20.1. The summed E-state index contributed by atoms with van der Waals surface area (Å²) in [6, 6.07) is 9.87. The second-order valence-electron chi connectivity index (χ2n) is 8.81. The summed E-state index contributed by atoms with van der Waals surface area (Å²) in [7, 11) is 1.70. The van der Waals surface area contributed by atoms with E-state index >= 15 is 0 Å². The van der Waals surface area contributed by atoms with Crippen molar-refractivity contribution in [3.05, 3.63) is 48.0 Å². The fraction of sp³-hybridized carbons (Fsp3) is 0.520. The number of hydrogen-bond acceptors (Lipinski definition) is 6. The molecule has 8 nitrogen and oxygen atoms in total. The average Bonchev–Trinajstić information content (AvgIpc) is 2.79. The highest BCUT2D eigenvalue weighted by atomic mass is 16.5. The van der Waals surface area contributed by atoms with Crippen LogP contribution in [0.25, 0.3) is 0 Å². The number of ether oxygens (including phenoxy) is 1. The number of allylic oxidation sites excluding steroid dienone is 1. The summed E-state index contributed by atoms with van der Waals surface area (Å²) in [5.74, 6) is -0.929. The summed E-state index contributed by atoms with van der Waals surface area (Å²) >= 11 is 0. The smallest absolute Gasteiger partial charge is 0.320 e. The van der Waals surface area contributed by atoms with Gasteiger partial charge in [0.25, 0.3) is 0 Å². The molecule has 1 rings (SSSR count). The molecule has 3 N–H and O–H groups in total. The van der Waals surface area contributed by atoms with Crippen LogP contribution in [0.4, 0.5) is 0 Å². The van der Waals surface area contributed by atoms with Gasteiger partial charge in [0, 0.05) is 18.4 Å². The highest BCUT2D eigenvalue weighted by molar-refractivity contribution is 5.91. The van der Waals surface area contributed by atoms with E-state index < -0.39 is 5.41 Å². The standard InChI is InChI=1S/C25H37N3O5/c1-19(21(33-24(32)16-26-4)14-20-11-6-5-7-12-20)10-8-9-13-22(30)27-15-23(31)28-17-25(2,3)18-29/h5-7,9,11-13,18-19,21,26H,8,10,14-17H2,1-4H3,(H,27,30)(H,28,31)/b13-9+. The molecule has 1 aromatic carbocycles. The number of likely N-dealkylation sites (N-methyl/N-ethyl adjacent to an activating group) is 1. The van der Waals surface area contributed by atoms with Crippen LogP contribution in [0, 0.1) is 11.3 Å². The lowest BCUT2D eigenvalue weighted by molar-refractivity contribution is -0.150. The number of aldehydes is 1. The molecule has 0 fully saturated rings. The van der Waals surface area contributed by atoms with Gasteiger partial charge >= 0.3 is 5.97 Å². The number of amides is 2. The van der Waals surface area contributed by atoms with Crippen molar-refractivity contribution in [2.75, 3.05) is 26.7 Å². The molecule has 2 amide bonds. The van der Waals surface area contributed by atoms with Crippen LogP contribution in [0.3, 0.4) is 0 Å². The summed E-state index contributed by atoms with van der Waals surface area (Å²) in [6.45, 7) is 5.66. The molecule has 0 heterocycles. The summed E-state index contributed by atoms with van der Waals surface area (Å²) in [5.41, 5.74) is 0.451. The van der Waals surface area contributed by atoms with Crippen molar-refractivity contribution in [1.29, 1.82) is 0 Å². The highest BCUT2D eigenvalue weighted by Crippen LogP contribution is 2.19. The van der Waals surface area contributed by atoms with Gasteiger partial charge in [0.2, 0.25) is 11.8 Å². The topological polar surface area (TPSA) is 114 Å². The van der Waals surface area contributed by atoms with Gasteiger partial charge in [-0.05, 0) is 37.4 Å². The summed E-state index contributed by atoms with van der Waals surface area (Å²) < 4.78 is 5.68. The van der Waals surface area contributed by atoms with Gasteiger partial charge in [-0.15, -0.1) is 0 Å². The Hall–Kier alpha value is -3.00.